The van der Waals surface area contributed by atoms with Gasteiger partial charge in [-0.1, -0.05) is 23.7 Å². The predicted molar refractivity (Wildman–Crippen MR) is 121 cm³/mol. The van der Waals surface area contributed by atoms with Gasteiger partial charge in [-0.05, 0) is 48.9 Å². The van der Waals surface area contributed by atoms with Crippen molar-refractivity contribution in [2.75, 3.05) is 14.2 Å². The first kappa shape index (κ1) is 21.3. The number of hydrogen-bond acceptors (Lipinski definition) is 7. The standard InChI is InChI=1S/C23H19ClN4O4/c1-14-26-22-18(13-25-28(22)17-6-4-5-16(24)12-17)23(27-14)32-19-9-7-15(11-20(19)30-2)8-10-21(29)31-3/h4-13H,1-3H3. The second kappa shape index (κ2) is 9.07. The summed E-state index contributed by atoms with van der Waals surface area (Å²) in [6, 6.07) is 12.6. The molecule has 0 amide bonds. The minimum Gasteiger partial charge on any atom is -0.493 e. The van der Waals surface area contributed by atoms with Crippen molar-refractivity contribution >= 4 is 34.7 Å². The molecule has 0 fully saturated rings. The molecular weight excluding hydrogens is 432 g/mol. The van der Waals surface area contributed by atoms with E-state index in [0.29, 0.717) is 39.3 Å². The van der Waals surface area contributed by atoms with Crippen LogP contribution in [0.15, 0.2) is 54.7 Å². The molecule has 4 rings (SSSR count). The Morgan fingerprint density at radius 3 is 2.69 bits per heavy atom. The van der Waals surface area contributed by atoms with Crippen molar-refractivity contribution in [2.45, 2.75) is 6.92 Å². The number of esters is 1. The first-order valence-electron chi connectivity index (χ1n) is 9.58. The number of aryl methyl sites for hydroxylation is 1. The highest BCUT2D eigenvalue weighted by Gasteiger charge is 2.16. The van der Waals surface area contributed by atoms with E-state index in [0.717, 1.165) is 11.3 Å². The molecule has 9 heteroatoms. The third-order valence-electron chi connectivity index (χ3n) is 4.57. The Morgan fingerprint density at radius 1 is 1.09 bits per heavy atom. The van der Waals surface area contributed by atoms with E-state index in [2.05, 4.69) is 19.8 Å². The van der Waals surface area contributed by atoms with Gasteiger partial charge in [0, 0.05) is 11.1 Å². The Kier molecular flexibility index (Phi) is 6.04. The maximum atomic E-state index is 11.3. The van der Waals surface area contributed by atoms with Crippen molar-refractivity contribution in [1.82, 2.24) is 19.7 Å². The van der Waals surface area contributed by atoms with Crippen LogP contribution in [0.25, 0.3) is 22.8 Å². The molecule has 0 radical (unpaired) electrons. The van der Waals surface area contributed by atoms with E-state index >= 15 is 0 Å². The van der Waals surface area contributed by atoms with Crippen LogP contribution in [0.4, 0.5) is 0 Å². The maximum absolute atomic E-state index is 11.3. The highest BCUT2D eigenvalue weighted by atomic mass is 35.5. The summed E-state index contributed by atoms with van der Waals surface area (Å²) in [6.45, 7) is 1.78. The number of methoxy groups -OCH3 is 2. The lowest BCUT2D eigenvalue weighted by molar-refractivity contribution is -0.134. The van der Waals surface area contributed by atoms with Gasteiger partial charge >= 0.3 is 5.97 Å². The van der Waals surface area contributed by atoms with E-state index in [-0.39, 0.29) is 0 Å². The molecule has 2 aromatic carbocycles. The monoisotopic (exact) mass is 450 g/mol. The molecule has 0 aliphatic rings. The lowest BCUT2D eigenvalue weighted by Crippen LogP contribution is -2.01. The van der Waals surface area contributed by atoms with E-state index in [1.807, 2.05) is 12.1 Å². The van der Waals surface area contributed by atoms with E-state index < -0.39 is 5.97 Å². The molecule has 8 nitrogen and oxygen atoms in total. The van der Waals surface area contributed by atoms with Gasteiger partial charge in [-0.25, -0.2) is 14.5 Å². The summed E-state index contributed by atoms with van der Waals surface area (Å²) in [7, 11) is 2.86. The van der Waals surface area contributed by atoms with Gasteiger partial charge in [0.25, 0.3) is 0 Å². The van der Waals surface area contributed by atoms with Crippen LogP contribution in [0, 0.1) is 6.92 Å². The predicted octanol–water partition coefficient (Wildman–Crippen LogP) is 4.76. The first-order valence-corrected chi connectivity index (χ1v) is 9.96. The zero-order valence-electron chi connectivity index (χ0n) is 17.6. The molecule has 0 saturated heterocycles. The van der Waals surface area contributed by atoms with E-state index in [1.165, 1.54) is 20.3 Å². The van der Waals surface area contributed by atoms with Crippen LogP contribution in [0.5, 0.6) is 17.4 Å². The molecule has 2 heterocycles. The van der Waals surface area contributed by atoms with Crippen LogP contribution in [-0.4, -0.2) is 39.9 Å². The van der Waals surface area contributed by atoms with Crippen molar-refractivity contribution in [2.24, 2.45) is 0 Å². The number of fused-ring (bicyclic) bond motifs is 1. The lowest BCUT2D eigenvalue weighted by atomic mass is 10.2. The molecule has 162 valence electrons. The number of aromatic nitrogens is 4. The Morgan fingerprint density at radius 2 is 1.94 bits per heavy atom. The second-order valence-electron chi connectivity index (χ2n) is 6.72. The van der Waals surface area contributed by atoms with Gasteiger partial charge in [0.2, 0.25) is 5.88 Å². The number of nitrogens with zero attached hydrogens (tertiary/aromatic N) is 4. The minimum atomic E-state index is -0.445. The van der Waals surface area contributed by atoms with Crippen LogP contribution in [0.3, 0.4) is 0 Å². The average Bonchev–Trinajstić information content (AvgIpc) is 3.22. The molecule has 2 aromatic heterocycles. The number of ether oxygens (including phenoxy) is 3. The van der Waals surface area contributed by atoms with E-state index in [4.69, 9.17) is 21.1 Å². The quantitative estimate of drug-likeness (QED) is 0.309. The number of benzene rings is 2. The summed E-state index contributed by atoms with van der Waals surface area (Å²) in [5, 5.41) is 5.68. The van der Waals surface area contributed by atoms with Gasteiger partial charge < -0.3 is 14.2 Å². The fourth-order valence-electron chi connectivity index (χ4n) is 3.07. The van der Waals surface area contributed by atoms with Crippen LogP contribution >= 0.6 is 11.6 Å². The zero-order valence-corrected chi connectivity index (χ0v) is 18.3. The highest BCUT2D eigenvalue weighted by Crippen LogP contribution is 2.35. The van der Waals surface area contributed by atoms with Gasteiger partial charge in [0.15, 0.2) is 17.1 Å². The Bertz CT molecular complexity index is 1330. The Balaban J connectivity index is 1.72. The lowest BCUT2D eigenvalue weighted by Gasteiger charge is -2.11. The smallest absolute Gasteiger partial charge is 0.330 e. The Hall–Kier alpha value is -3.91. The molecule has 0 unspecified atom stereocenters. The van der Waals surface area contributed by atoms with Gasteiger partial charge in [-0.3, -0.25) is 0 Å². The summed E-state index contributed by atoms with van der Waals surface area (Å²) in [6.07, 6.45) is 4.60. The summed E-state index contributed by atoms with van der Waals surface area (Å²) in [4.78, 5) is 20.3. The fourth-order valence-corrected chi connectivity index (χ4v) is 3.25. The number of carbonyl (C=O) groups excluding carboxylic acids is 1. The molecule has 4 aromatic rings. The van der Waals surface area contributed by atoms with Crippen LogP contribution in [-0.2, 0) is 9.53 Å². The molecule has 0 atom stereocenters. The second-order valence-corrected chi connectivity index (χ2v) is 7.15. The summed E-state index contributed by atoms with van der Waals surface area (Å²) >= 11 is 6.13. The van der Waals surface area contributed by atoms with Crippen molar-refractivity contribution in [3.8, 4) is 23.1 Å². The molecule has 0 aliphatic carbocycles. The molecule has 0 spiro atoms. The highest BCUT2D eigenvalue weighted by molar-refractivity contribution is 6.30. The van der Waals surface area contributed by atoms with Crippen molar-refractivity contribution in [3.05, 3.63) is 71.1 Å². The van der Waals surface area contributed by atoms with Gasteiger partial charge in [0.05, 0.1) is 26.1 Å². The zero-order chi connectivity index (χ0) is 22.7. The Labute approximate surface area is 189 Å². The largest absolute Gasteiger partial charge is 0.493 e. The summed E-state index contributed by atoms with van der Waals surface area (Å²) < 4.78 is 17.9. The van der Waals surface area contributed by atoms with E-state index in [1.54, 1.807) is 54.2 Å². The van der Waals surface area contributed by atoms with Gasteiger partial charge in [0.1, 0.15) is 11.2 Å². The van der Waals surface area contributed by atoms with Crippen molar-refractivity contribution in [3.63, 3.8) is 0 Å². The summed E-state index contributed by atoms with van der Waals surface area (Å²) in [5.74, 6) is 1.35. The average molecular weight is 451 g/mol. The van der Waals surface area contributed by atoms with Crippen LogP contribution < -0.4 is 9.47 Å². The third kappa shape index (κ3) is 4.40. The molecule has 0 saturated carbocycles. The molecular formula is C23H19ClN4O4. The third-order valence-corrected chi connectivity index (χ3v) is 4.80. The molecule has 32 heavy (non-hydrogen) atoms. The molecule has 0 N–H and O–H groups in total. The molecule has 0 bridgehead atoms. The number of carbonyl (C=O) groups is 1. The van der Waals surface area contributed by atoms with Crippen molar-refractivity contribution in [1.29, 1.82) is 0 Å². The number of hydrogen-bond donors (Lipinski definition) is 0. The summed E-state index contributed by atoms with van der Waals surface area (Å²) in [5.41, 5.74) is 2.11. The number of halogens is 1. The SMILES string of the molecule is COC(=O)C=Cc1ccc(Oc2nc(C)nc3c2cnn3-c2cccc(Cl)c2)c(OC)c1. The fraction of sp³-hybridized carbons (Fsp3) is 0.130. The van der Waals surface area contributed by atoms with Gasteiger partial charge in [-0.2, -0.15) is 10.1 Å². The maximum Gasteiger partial charge on any atom is 0.330 e. The number of rotatable bonds is 6. The molecule has 0 aliphatic heterocycles. The first-order chi connectivity index (χ1) is 15.5. The van der Waals surface area contributed by atoms with Gasteiger partial charge in [-0.15, -0.1) is 0 Å². The normalized spacial score (nSPS) is 11.1. The minimum absolute atomic E-state index is 0.344. The van der Waals surface area contributed by atoms with Crippen LogP contribution in [0.1, 0.15) is 11.4 Å². The topological polar surface area (TPSA) is 88.4 Å². The van der Waals surface area contributed by atoms with Crippen LogP contribution in [0.2, 0.25) is 5.02 Å². The van der Waals surface area contributed by atoms with E-state index in [9.17, 15) is 4.79 Å². The van der Waals surface area contributed by atoms with Crippen molar-refractivity contribution < 1.29 is 19.0 Å².